The number of hydrogen-bond donors (Lipinski definition) is 2. The maximum absolute atomic E-state index is 5.71. The fourth-order valence-electron chi connectivity index (χ4n) is 1.66. The Morgan fingerprint density at radius 3 is 2.62 bits per heavy atom. The fourth-order valence-corrected chi connectivity index (χ4v) is 1.66. The number of benzene rings is 1. The molecule has 2 atom stereocenters. The van der Waals surface area contributed by atoms with E-state index in [1.807, 2.05) is 13.0 Å². The number of nitrogens with two attached hydrogens (primary N) is 1. The summed E-state index contributed by atoms with van der Waals surface area (Å²) in [6.07, 6.45) is 7.38. The summed E-state index contributed by atoms with van der Waals surface area (Å²) in [6.45, 7) is 2.60. The molecule has 0 heterocycles. The Labute approximate surface area is 98.2 Å². The predicted octanol–water partition coefficient (Wildman–Crippen LogP) is 1.56. The van der Waals surface area contributed by atoms with Crippen molar-refractivity contribution in [3.63, 3.8) is 0 Å². The van der Waals surface area contributed by atoms with Crippen LogP contribution in [0.3, 0.4) is 0 Å². The quantitative estimate of drug-likeness (QED) is 0.708. The fraction of sp³-hybridized carbons (Fsp3) is 0.429. The first-order valence-electron chi connectivity index (χ1n) is 5.72. The molecule has 0 saturated heterocycles. The molecule has 0 saturated carbocycles. The molecule has 3 N–H and O–H groups in total. The lowest BCUT2D eigenvalue weighted by Crippen LogP contribution is -2.41. The third kappa shape index (κ3) is 4.48. The molecule has 0 aliphatic heterocycles. The van der Waals surface area contributed by atoms with Crippen LogP contribution in [0.1, 0.15) is 18.9 Å². The average molecular weight is 216 g/mol. The summed E-state index contributed by atoms with van der Waals surface area (Å²) in [7, 11) is 0. The summed E-state index contributed by atoms with van der Waals surface area (Å²) < 4.78 is 0. The lowest BCUT2D eigenvalue weighted by atomic mass is 10.0. The summed E-state index contributed by atoms with van der Waals surface area (Å²) in [5.41, 5.74) is 7.05. The minimum absolute atomic E-state index is 0.0873. The van der Waals surface area contributed by atoms with E-state index >= 15 is 0 Å². The van der Waals surface area contributed by atoms with Crippen molar-refractivity contribution in [2.45, 2.75) is 31.8 Å². The molecule has 2 heteroatoms. The number of aryl methyl sites for hydroxylation is 1. The minimum atomic E-state index is 0.0873. The number of hydrogen-bond acceptors (Lipinski definition) is 2. The summed E-state index contributed by atoms with van der Waals surface area (Å²) in [4.78, 5) is 0. The molecule has 0 spiro atoms. The first kappa shape index (κ1) is 12.8. The highest BCUT2D eigenvalue weighted by atomic mass is 15.0. The minimum Gasteiger partial charge on any atom is -0.329 e. The lowest BCUT2D eigenvalue weighted by Gasteiger charge is -2.18. The van der Waals surface area contributed by atoms with Gasteiger partial charge in [-0.15, -0.1) is 6.42 Å². The summed E-state index contributed by atoms with van der Waals surface area (Å²) in [6, 6.07) is 10.8. The van der Waals surface area contributed by atoms with Gasteiger partial charge in [-0.3, -0.25) is 5.32 Å². The van der Waals surface area contributed by atoms with Gasteiger partial charge in [0, 0.05) is 12.6 Å². The smallest absolute Gasteiger partial charge is 0.0660 e. The van der Waals surface area contributed by atoms with Crippen LogP contribution >= 0.6 is 0 Å². The van der Waals surface area contributed by atoms with Crippen LogP contribution < -0.4 is 11.1 Å². The van der Waals surface area contributed by atoms with Crippen LogP contribution in [0.4, 0.5) is 0 Å². The maximum atomic E-state index is 5.71. The molecule has 16 heavy (non-hydrogen) atoms. The molecular formula is C14H20N2. The second-order valence-corrected chi connectivity index (χ2v) is 4.01. The van der Waals surface area contributed by atoms with Gasteiger partial charge >= 0.3 is 0 Å². The zero-order valence-corrected chi connectivity index (χ0v) is 9.82. The number of rotatable bonds is 6. The lowest BCUT2D eigenvalue weighted by molar-refractivity contribution is 0.470. The van der Waals surface area contributed by atoms with Gasteiger partial charge in [0.15, 0.2) is 0 Å². The monoisotopic (exact) mass is 216 g/mol. The van der Waals surface area contributed by atoms with Crippen molar-refractivity contribution in [2.24, 2.45) is 5.73 Å². The van der Waals surface area contributed by atoms with Gasteiger partial charge < -0.3 is 5.73 Å². The van der Waals surface area contributed by atoms with Crippen molar-refractivity contribution in [2.75, 3.05) is 6.54 Å². The third-order valence-electron chi connectivity index (χ3n) is 2.64. The van der Waals surface area contributed by atoms with Gasteiger partial charge in [0.05, 0.1) is 6.04 Å². The molecule has 2 nitrogen and oxygen atoms in total. The molecule has 86 valence electrons. The summed E-state index contributed by atoms with van der Waals surface area (Å²) in [5, 5.41) is 3.33. The van der Waals surface area contributed by atoms with Gasteiger partial charge in [-0.1, -0.05) is 36.3 Å². The number of terminal acetylenes is 1. The van der Waals surface area contributed by atoms with Crippen molar-refractivity contribution in [3.05, 3.63) is 35.9 Å². The second kappa shape index (κ2) is 7.05. The van der Waals surface area contributed by atoms with Crippen molar-refractivity contribution >= 4 is 0 Å². The van der Waals surface area contributed by atoms with Crippen molar-refractivity contribution < 1.29 is 0 Å². The highest BCUT2D eigenvalue weighted by molar-refractivity contribution is 5.14. The van der Waals surface area contributed by atoms with Crippen molar-refractivity contribution in [1.82, 2.24) is 5.32 Å². The molecule has 0 bridgehead atoms. The first-order valence-corrected chi connectivity index (χ1v) is 5.72. The Hall–Kier alpha value is -1.30. The molecule has 0 fully saturated rings. The molecule has 0 radical (unpaired) electrons. The zero-order valence-electron chi connectivity index (χ0n) is 9.82. The van der Waals surface area contributed by atoms with Gasteiger partial charge in [0.1, 0.15) is 0 Å². The van der Waals surface area contributed by atoms with Gasteiger partial charge in [-0.2, -0.15) is 0 Å². The first-order chi connectivity index (χ1) is 7.76. The Morgan fingerprint density at radius 2 is 2.06 bits per heavy atom. The van der Waals surface area contributed by atoms with E-state index in [-0.39, 0.29) is 6.04 Å². The maximum Gasteiger partial charge on any atom is 0.0660 e. The Balaban J connectivity index is 2.38. The Bertz CT molecular complexity index is 326. The van der Waals surface area contributed by atoms with Gasteiger partial charge in [-0.25, -0.2) is 0 Å². The van der Waals surface area contributed by atoms with E-state index in [0.717, 1.165) is 12.8 Å². The van der Waals surface area contributed by atoms with Gasteiger partial charge in [0.2, 0.25) is 0 Å². The largest absolute Gasteiger partial charge is 0.329 e. The number of nitrogens with one attached hydrogen (secondary N) is 1. The van der Waals surface area contributed by atoms with Crippen LogP contribution in [0.5, 0.6) is 0 Å². The predicted molar refractivity (Wildman–Crippen MR) is 69.0 cm³/mol. The van der Waals surface area contributed by atoms with Crippen LogP contribution in [-0.2, 0) is 6.42 Å². The summed E-state index contributed by atoms with van der Waals surface area (Å²) >= 11 is 0. The molecule has 0 amide bonds. The molecule has 1 aromatic rings. The van der Waals surface area contributed by atoms with E-state index < -0.39 is 0 Å². The van der Waals surface area contributed by atoms with Crippen LogP contribution in [0, 0.1) is 12.3 Å². The van der Waals surface area contributed by atoms with E-state index in [0.29, 0.717) is 12.6 Å². The zero-order chi connectivity index (χ0) is 11.8. The van der Waals surface area contributed by atoms with Crippen LogP contribution in [-0.4, -0.2) is 18.6 Å². The molecule has 0 aromatic heterocycles. The molecular weight excluding hydrogens is 196 g/mol. The van der Waals surface area contributed by atoms with Crippen LogP contribution in [0.15, 0.2) is 30.3 Å². The third-order valence-corrected chi connectivity index (χ3v) is 2.64. The molecule has 0 aliphatic carbocycles. The Kier molecular flexibility index (Phi) is 5.63. The highest BCUT2D eigenvalue weighted by Gasteiger charge is 2.08. The normalized spacial score (nSPS) is 14.1. The van der Waals surface area contributed by atoms with Crippen LogP contribution in [0.25, 0.3) is 0 Å². The van der Waals surface area contributed by atoms with E-state index in [9.17, 15) is 0 Å². The standard InChI is InChI=1S/C14H20N2/c1-3-12(2)16-14(11-15)10-9-13-7-5-4-6-8-13/h1,4-8,12,14,16H,9-11,15H2,2H3. The Morgan fingerprint density at radius 1 is 1.38 bits per heavy atom. The van der Waals surface area contributed by atoms with E-state index in [1.165, 1.54) is 5.56 Å². The summed E-state index contributed by atoms with van der Waals surface area (Å²) in [5.74, 6) is 2.66. The molecule has 1 aromatic carbocycles. The average Bonchev–Trinajstić information content (AvgIpc) is 2.35. The van der Waals surface area contributed by atoms with Crippen molar-refractivity contribution in [1.29, 1.82) is 0 Å². The van der Waals surface area contributed by atoms with E-state index in [2.05, 4.69) is 35.5 Å². The van der Waals surface area contributed by atoms with E-state index in [4.69, 9.17) is 12.2 Å². The van der Waals surface area contributed by atoms with Gasteiger partial charge in [-0.05, 0) is 25.3 Å². The van der Waals surface area contributed by atoms with Crippen LogP contribution in [0.2, 0.25) is 0 Å². The SMILES string of the molecule is C#CC(C)NC(CN)CCc1ccccc1. The topological polar surface area (TPSA) is 38.0 Å². The van der Waals surface area contributed by atoms with Gasteiger partial charge in [0.25, 0.3) is 0 Å². The second-order valence-electron chi connectivity index (χ2n) is 4.01. The molecule has 0 aliphatic rings. The highest BCUT2D eigenvalue weighted by Crippen LogP contribution is 2.04. The van der Waals surface area contributed by atoms with Crippen molar-refractivity contribution in [3.8, 4) is 12.3 Å². The molecule has 2 unspecified atom stereocenters. The van der Waals surface area contributed by atoms with E-state index in [1.54, 1.807) is 0 Å². The molecule has 1 rings (SSSR count).